The Hall–Kier alpha value is -4.35. The van der Waals surface area contributed by atoms with Crippen molar-refractivity contribution in [3.05, 3.63) is 111 Å². The molecule has 0 bridgehead atoms. The molecule has 1 aromatic heterocycles. The lowest BCUT2D eigenvalue weighted by Gasteiger charge is -2.29. The van der Waals surface area contributed by atoms with Crippen molar-refractivity contribution in [3.63, 3.8) is 0 Å². The van der Waals surface area contributed by atoms with Gasteiger partial charge in [0.1, 0.15) is 11.9 Å². The number of nitrogens with one attached hydrogen (secondary N) is 2. The molecule has 0 aliphatic carbocycles. The van der Waals surface area contributed by atoms with Crippen LogP contribution in [0.1, 0.15) is 65.3 Å². The molecule has 0 saturated carbocycles. The van der Waals surface area contributed by atoms with Gasteiger partial charge in [0.05, 0.1) is 11.6 Å². The van der Waals surface area contributed by atoms with Crippen LogP contribution in [0.3, 0.4) is 0 Å². The maximum atomic E-state index is 13.5. The maximum Gasteiger partial charge on any atom is 0.348 e. The van der Waals surface area contributed by atoms with Crippen molar-refractivity contribution < 1.29 is 29.6 Å². The average molecular weight is 628 g/mol. The number of nitrogens with zero attached hydrogens (tertiary/aromatic N) is 1. The second-order valence-corrected chi connectivity index (χ2v) is 12.0. The van der Waals surface area contributed by atoms with Gasteiger partial charge in [-0.05, 0) is 62.2 Å². The average Bonchev–Trinajstić information content (AvgIpc) is 3.48. The SMILES string of the molecule is CN1CC[C@@H](OC(=O)C(O)(c2ccccc2)c2cccc(C(=O)CCCCCNC[C@H](O)c3ccc(O)c4[nH]c(=O)ccc34)c2)C1. The number of phenols is 1. The van der Waals surface area contributed by atoms with Gasteiger partial charge in [0, 0.05) is 48.6 Å². The molecule has 2 heterocycles. The van der Waals surface area contributed by atoms with E-state index in [1.807, 2.05) is 7.05 Å². The van der Waals surface area contributed by atoms with Crippen LogP contribution in [0.5, 0.6) is 5.75 Å². The van der Waals surface area contributed by atoms with Gasteiger partial charge in [-0.1, -0.05) is 61.0 Å². The van der Waals surface area contributed by atoms with Gasteiger partial charge in [0.25, 0.3) is 0 Å². The number of Topliss-reactive ketones (excluding diaryl/α,β-unsaturated/α-hetero) is 1. The molecule has 4 aromatic rings. The van der Waals surface area contributed by atoms with Crippen LogP contribution in [0.25, 0.3) is 10.9 Å². The third kappa shape index (κ3) is 7.54. The Morgan fingerprint density at radius 3 is 2.57 bits per heavy atom. The molecule has 0 amide bonds. The molecule has 10 heteroatoms. The lowest BCUT2D eigenvalue weighted by Crippen LogP contribution is -2.41. The van der Waals surface area contributed by atoms with E-state index in [9.17, 15) is 29.7 Å². The third-order valence-corrected chi connectivity index (χ3v) is 8.57. The van der Waals surface area contributed by atoms with E-state index in [0.29, 0.717) is 59.9 Å². The quantitative estimate of drug-likeness (QED) is 0.0799. The number of ether oxygens (including phenoxy) is 1. The van der Waals surface area contributed by atoms with Gasteiger partial charge in [-0.2, -0.15) is 0 Å². The zero-order chi connectivity index (χ0) is 32.7. The summed E-state index contributed by atoms with van der Waals surface area (Å²) < 4.78 is 5.78. The van der Waals surface area contributed by atoms with Gasteiger partial charge < -0.3 is 35.3 Å². The minimum atomic E-state index is -2.06. The molecule has 0 spiro atoms. The molecule has 242 valence electrons. The molecule has 1 fully saturated rings. The molecule has 0 radical (unpaired) electrons. The lowest BCUT2D eigenvalue weighted by atomic mass is 9.85. The van der Waals surface area contributed by atoms with Gasteiger partial charge in [0.15, 0.2) is 5.78 Å². The molecule has 46 heavy (non-hydrogen) atoms. The summed E-state index contributed by atoms with van der Waals surface area (Å²) in [7, 11) is 1.96. The molecule has 1 aliphatic rings. The fraction of sp³-hybridized carbons (Fsp3) is 0.361. The molecule has 10 nitrogen and oxygen atoms in total. The standard InChI is InChI=1S/C36H41N3O7/c1-39-20-18-27(23-39)46-35(44)36(45,25-10-4-2-5-11-25)26-12-8-9-24(21-26)30(40)13-6-3-7-19-37-22-32(42)28-14-16-31(41)34-29(28)15-17-33(43)38-34/h2,4-5,8-12,14-17,21,27,32,37,41-42,45H,3,6-7,13,18-20,22-23H2,1H3,(H,38,43)/t27-,32+,36?/m1/s1. The van der Waals surface area contributed by atoms with Crippen molar-refractivity contribution in [1.29, 1.82) is 0 Å². The molecule has 3 aromatic carbocycles. The minimum absolute atomic E-state index is 0.0557. The Labute approximate surface area is 267 Å². The van der Waals surface area contributed by atoms with Gasteiger partial charge in [-0.25, -0.2) is 4.79 Å². The molecule has 1 saturated heterocycles. The first-order valence-corrected chi connectivity index (χ1v) is 15.7. The Kier molecular flexibility index (Phi) is 10.6. The molecule has 5 N–H and O–H groups in total. The number of fused-ring (bicyclic) bond motifs is 1. The highest BCUT2D eigenvalue weighted by Crippen LogP contribution is 2.33. The van der Waals surface area contributed by atoms with Crippen LogP contribution in [0.15, 0.2) is 83.7 Å². The fourth-order valence-corrected chi connectivity index (χ4v) is 5.98. The third-order valence-electron chi connectivity index (χ3n) is 8.57. The Bertz CT molecular complexity index is 1720. The van der Waals surface area contributed by atoms with Crippen LogP contribution in [0.4, 0.5) is 0 Å². The summed E-state index contributed by atoms with van der Waals surface area (Å²) in [6.07, 6.45) is 2.09. The number of phenolic OH excluding ortho intramolecular Hbond substituents is 1. The van der Waals surface area contributed by atoms with Crippen molar-refractivity contribution in [2.24, 2.45) is 0 Å². The largest absolute Gasteiger partial charge is 0.506 e. The van der Waals surface area contributed by atoms with Crippen LogP contribution in [0.2, 0.25) is 0 Å². The second-order valence-electron chi connectivity index (χ2n) is 12.0. The lowest BCUT2D eigenvalue weighted by molar-refractivity contribution is -0.167. The van der Waals surface area contributed by atoms with Crippen LogP contribution >= 0.6 is 0 Å². The minimum Gasteiger partial charge on any atom is -0.506 e. The summed E-state index contributed by atoms with van der Waals surface area (Å²) >= 11 is 0. The number of aliphatic hydroxyl groups excluding tert-OH is 1. The van der Waals surface area contributed by atoms with E-state index >= 15 is 0 Å². The number of benzene rings is 3. The number of carbonyl (C=O) groups excluding carboxylic acids is 2. The Balaban J connectivity index is 1.13. The fourth-order valence-electron chi connectivity index (χ4n) is 5.98. The monoisotopic (exact) mass is 627 g/mol. The van der Waals surface area contributed by atoms with E-state index in [-0.39, 0.29) is 35.3 Å². The summed E-state index contributed by atoms with van der Waals surface area (Å²) in [6.45, 7) is 2.33. The number of aromatic hydroxyl groups is 1. The molecular formula is C36H41N3O7. The van der Waals surface area contributed by atoms with Crippen LogP contribution in [-0.2, 0) is 15.1 Å². The van der Waals surface area contributed by atoms with E-state index in [1.54, 1.807) is 66.7 Å². The topological polar surface area (TPSA) is 152 Å². The normalized spacial score (nSPS) is 17.1. The predicted molar refractivity (Wildman–Crippen MR) is 175 cm³/mol. The summed E-state index contributed by atoms with van der Waals surface area (Å²) in [5.41, 5.74) is -0.412. The number of ketones is 1. The number of pyridine rings is 1. The first-order valence-electron chi connectivity index (χ1n) is 15.7. The smallest absolute Gasteiger partial charge is 0.348 e. The van der Waals surface area contributed by atoms with E-state index in [4.69, 9.17) is 4.74 Å². The highest BCUT2D eigenvalue weighted by molar-refractivity contribution is 5.97. The molecule has 3 atom stereocenters. The van der Waals surface area contributed by atoms with Crippen molar-refractivity contribution in [3.8, 4) is 5.75 Å². The number of likely N-dealkylation sites (N-methyl/N-ethyl adjacent to an activating group) is 1. The van der Waals surface area contributed by atoms with Crippen molar-refractivity contribution in [2.75, 3.05) is 33.2 Å². The summed E-state index contributed by atoms with van der Waals surface area (Å²) in [6, 6.07) is 21.3. The van der Waals surface area contributed by atoms with Gasteiger partial charge >= 0.3 is 5.97 Å². The summed E-state index contributed by atoms with van der Waals surface area (Å²) in [5, 5.41) is 36.5. The zero-order valence-electron chi connectivity index (χ0n) is 25.9. The Morgan fingerprint density at radius 1 is 1.02 bits per heavy atom. The number of hydrogen-bond acceptors (Lipinski definition) is 9. The van der Waals surface area contributed by atoms with Gasteiger partial charge in [0.2, 0.25) is 11.2 Å². The van der Waals surface area contributed by atoms with Crippen molar-refractivity contribution in [2.45, 2.75) is 49.9 Å². The number of hydrogen-bond donors (Lipinski definition) is 5. The number of aromatic amines is 1. The van der Waals surface area contributed by atoms with E-state index in [1.165, 1.54) is 12.1 Å². The number of likely N-dealkylation sites (tertiary alicyclic amines) is 1. The molecule has 1 unspecified atom stereocenters. The second kappa shape index (κ2) is 14.8. The number of carbonyl (C=O) groups is 2. The summed E-state index contributed by atoms with van der Waals surface area (Å²) in [4.78, 5) is 42.9. The van der Waals surface area contributed by atoms with Crippen LogP contribution < -0.4 is 10.9 Å². The molecule has 5 rings (SSSR count). The van der Waals surface area contributed by atoms with Crippen LogP contribution in [0, 0.1) is 0 Å². The molecular weight excluding hydrogens is 586 g/mol. The predicted octanol–water partition coefficient (Wildman–Crippen LogP) is 3.78. The van der Waals surface area contributed by atoms with Crippen LogP contribution in [-0.4, -0.2) is 76.3 Å². The highest BCUT2D eigenvalue weighted by Gasteiger charge is 2.43. The van der Waals surface area contributed by atoms with E-state index in [2.05, 4.69) is 15.2 Å². The zero-order valence-corrected chi connectivity index (χ0v) is 25.9. The Morgan fingerprint density at radius 2 is 1.80 bits per heavy atom. The van der Waals surface area contributed by atoms with Crippen molar-refractivity contribution in [1.82, 2.24) is 15.2 Å². The highest BCUT2D eigenvalue weighted by atomic mass is 16.6. The number of aromatic nitrogens is 1. The molecule has 1 aliphatic heterocycles. The number of esters is 1. The first kappa shape index (κ1) is 33.0. The summed E-state index contributed by atoms with van der Waals surface area (Å²) in [5.74, 6) is -0.891. The first-order chi connectivity index (χ1) is 22.2. The number of H-pyrrole nitrogens is 1. The number of rotatable bonds is 14. The van der Waals surface area contributed by atoms with E-state index in [0.717, 1.165) is 19.4 Å². The van der Waals surface area contributed by atoms with Gasteiger partial charge in [-0.15, -0.1) is 0 Å². The van der Waals surface area contributed by atoms with E-state index < -0.39 is 17.7 Å². The van der Waals surface area contributed by atoms with Crippen molar-refractivity contribution >= 4 is 22.7 Å². The number of aliphatic hydroxyl groups is 2. The maximum absolute atomic E-state index is 13.5. The van der Waals surface area contributed by atoms with Gasteiger partial charge in [-0.3, -0.25) is 9.59 Å². The number of unbranched alkanes of at least 4 members (excludes halogenated alkanes) is 2.